The van der Waals surface area contributed by atoms with Crippen LogP contribution in [0.5, 0.6) is 0 Å². The van der Waals surface area contributed by atoms with Gasteiger partial charge in [-0.2, -0.15) is 5.10 Å². The number of halogens is 1. The molecule has 0 spiro atoms. The predicted molar refractivity (Wildman–Crippen MR) is 109 cm³/mol. The van der Waals surface area contributed by atoms with Gasteiger partial charge in [0.1, 0.15) is 11.3 Å². The molecule has 0 bridgehead atoms. The van der Waals surface area contributed by atoms with Crippen molar-refractivity contribution in [2.45, 2.75) is 45.8 Å². The second kappa shape index (κ2) is 9.73. The van der Waals surface area contributed by atoms with Crippen molar-refractivity contribution in [2.24, 2.45) is 0 Å². The molecule has 2 aromatic rings. The third-order valence-electron chi connectivity index (χ3n) is 3.81. The molecular formula is C20H26BrN3O4. The molecule has 1 unspecified atom stereocenters. The molecule has 2 rings (SSSR count). The third-order valence-corrected chi connectivity index (χ3v) is 4.30. The fourth-order valence-corrected chi connectivity index (χ4v) is 3.05. The molecular weight excluding hydrogens is 426 g/mol. The Labute approximate surface area is 173 Å². The molecule has 0 saturated heterocycles. The lowest BCUT2D eigenvalue weighted by atomic mass is 9.99. The van der Waals surface area contributed by atoms with Crippen LogP contribution in [-0.2, 0) is 16.0 Å². The highest BCUT2D eigenvalue weighted by atomic mass is 79.9. The maximum Gasteiger partial charge on any atom is 0.407 e. The summed E-state index contributed by atoms with van der Waals surface area (Å²) in [5.41, 5.74) is 0.795. The first kappa shape index (κ1) is 21.9. The minimum Gasteiger partial charge on any atom is -0.461 e. The van der Waals surface area contributed by atoms with E-state index in [1.54, 1.807) is 23.9 Å². The van der Waals surface area contributed by atoms with Gasteiger partial charge in [-0.25, -0.2) is 9.59 Å². The average molecular weight is 452 g/mol. The van der Waals surface area contributed by atoms with E-state index in [1.165, 1.54) is 0 Å². The van der Waals surface area contributed by atoms with E-state index < -0.39 is 17.7 Å². The zero-order valence-corrected chi connectivity index (χ0v) is 18.2. The molecule has 0 saturated carbocycles. The summed E-state index contributed by atoms with van der Waals surface area (Å²) in [5.74, 6) is -0.550. The fourth-order valence-electron chi connectivity index (χ4n) is 2.63. The molecule has 0 aliphatic carbocycles. The van der Waals surface area contributed by atoms with Crippen LogP contribution in [0.25, 0.3) is 0 Å². The van der Waals surface area contributed by atoms with Gasteiger partial charge in [-0.05, 0) is 51.5 Å². The number of hydrogen-bond acceptors (Lipinski definition) is 5. The molecule has 1 atom stereocenters. The second-order valence-electron chi connectivity index (χ2n) is 7.25. The maximum absolute atomic E-state index is 12.1. The molecule has 1 heterocycles. The summed E-state index contributed by atoms with van der Waals surface area (Å²) >= 11 is 3.48. The van der Waals surface area contributed by atoms with Gasteiger partial charge in [-0.1, -0.05) is 28.1 Å². The molecule has 0 fully saturated rings. The van der Waals surface area contributed by atoms with E-state index >= 15 is 0 Å². The molecule has 28 heavy (non-hydrogen) atoms. The van der Waals surface area contributed by atoms with Gasteiger partial charge in [0.15, 0.2) is 0 Å². The van der Waals surface area contributed by atoms with Gasteiger partial charge in [0.25, 0.3) is 0 Å². The van der Waals surface area contributed by atoms with Crippen molar-refractivity contribution in [1.29, 1.82) is 0 Å². The van der Waals surface area contributed by atoms with E-state index in [0.717, 1.165) is 10.0 Å². The number of nitrogens with one attached hydrogen (secondary N) is 1. The van der Waals surface area contributed by atoms with Crippen LogP contribution in [-0.4, -0.2) is 40.6 Å². The normalized spacial score (nSPS) is 12.3. The first-order valence-electron chi connectivity index (χ1n) is 9.11. The number of hydrogen-bond donors (Lipinski definition) is 1. The molecule has 1 aromatic heterocycles. The number of carbonyl (C=O) groups is 2. The Morgan fingerprint density at radius 2 is 2.04 bits per heavy atom. The van der Waals surface area contributed by atoms with Crippen molar-refractivity contribution in [3.05, 3.63) is 52.3 Å². The van der Waals surface area contributed by atoms with Gasteiger partial charge in [0.05, 0.1) is 13.2 Å². The molecule has 8 heteroatoms. The SMILES string of the molecule is CCOC(=O)c1ccnn1CC(CNC(=O)OC(C)(C)C)c1cccc(Br)c1. The first-order chi connectivity index (χ1) is 13.2. The van der Waals surface area contributed by atoms with E-state index in [9.17, 15) is 9.59 Å². The summed E-state index contributed by atoms with van der Waals surface area (Å²) in [4.78, 5) is 24.2. The molecule has 1 amide bonds. The smallest absolute Gasteiger partial charge is 0.407 e. The molecule has 0 aliphatic heterocycles. The summed E-state index contributed by atoms with van der Waals surface area (Å²) < 4.78 is 12.9. The van der Waals surface area contributed by atoms with E-state index in [2.05, 4.69) is 26.3 Å². The van der Waals surface area contributed by atoms with Crippen molar-refractivity contribution >= 4 is 28.0 Å². The summed E-state index contributed by atoms with van der Waals surface area (Å²) in [6.07, 6.45) is 1.07. The monoisotopic (exact) mass is 451 g/mol. The van der Waals surface area contributed by atoms with Gasteiger partial charge < -0.3 is 14.8 Å². The molecule has 7 nitrogen and oxygen atoms in total. The van der Waals surface area contributed by atoms with Crippen LogP contribution in [0.4, 0.5) is 4.79 Å². The number of nitrogens with zero attached hydrogens (tertiary/aromatic N) is 2. The van der Waals surface area contributed by atoms with Crippen LogP contribution in [0.3, 0.4) is 0 Å². The Balaban J connectivity index is 2.19. The van der Waals surface area contributed by atoms with E-state index in [1.807, 2.05) is 45.0 Å². The number of benzene rings is 1. The largest absolute Gasteiger partial charge is 0.461 e. The Hall–Kier alpha value is -2.35. The van der Waals surface area contributed by atoms with Crippen molar-refractivity contribution in [3.8, 4) is 0 Å². The van der Waals surface area contributed by atoms with Crippen molar-refractivity contribution in [2.75, 3.05) is 13.2 Å². The highest BCUT2D eigenvalue weighted by Gasteiger charge is 2.21. The molecule has 0 aliphatic rings. The van der Waals surface area contributed by atoms with Crippen LogP contribution < -0.4 is 5.32 Å². The lowest BCUT2D eigenvalue weighted by Gasteiger charge is -2.23. The first-order valence-corrected chi connectivity index (χ1v) is 9.90. The van der Waals surface area contributed by atoms with Gasteiger partial charge in [-0.15, -0.1) is 0 Å². The summed E-state index contributed by atoms with van der Waals surface area (Å²) in [7, 11) is 0. The standard InChI is InChI=1S/C20H26BrN3O4/c1-5-27-18(25)17-9-10-23-24(17)13-15(14-7-6-8-16(21)11-14)12-22-19(26)28-20(2,3)4/h6-11,15H,5,12-13H2,1-4H3,(H,22,26). The highest BCUT2D eigenvalue weighted by molar-refractivity contribution is 9.10. The Morgan fingerprint density at radius 3 is 2.68 bits per heavy atom. The van der Waals surface area contributed by atoms with E-state index in [4.69, 9.17) is 9.47 Å². The van der Waals surface area contributed by atoms with Crippen LogP contribution >= 0.6 is 15.9 Å². The number of ether oxygens (including phenoxy) is 2. The van der Waals surface area contributed by atoms with Gasteiger partial charge in [-0.3, -0.25) is 4.68 Å². The van der Waals surface area contributed by atoms with Crippen molar-refractivity contribution < 1.29 is 19.1 Å². The lowest BCUT2D eigenvalue weighted by Crippen LogP contribution is -2.36. The summed E-state index contributed by atoms with van der Waals surface area (Å²) in [6.45, 7) is 8.21. The fraction of sp³-hybridized carbons (Fsp3) is 0.450. The number of aromatic nitrogens is 2. The zero-order valence-electron chi connectivity index (χ0n) is 16.6. The minimum absolute atomic E-state index is 0.127. The quantitative estimate of drug-likeness (QED) is 0.639. The van der Waals surface area contributed by atoms with Crippen LogP contribution in [0, 0.1) is 0 Å². The number of esters is 1. The van der Waals surface area contributed by atoms with Crippen LogP contribution in [0.1, 0.15) is 49.7 Å². The Morgan fingerprint density at radius 1 is 1.29 bits per heavy atom. The van der Waals surface area contributed by atoms with Crippen LogP contribution in [0.2, 0.25) is 0 Å². The molecule has 1 N–H and O–H groups in total. The van der Waals surface area contributed by atoms with Gasteiger partial charge in [0, 0.05) is 23.1 Å². The number of alkyl carbamates (subject to hydrolysis) is 1. The van der Waals surface area contributed by atoms with Gasteiger partial charge in [0.2, 0.25) is 0 Å². The zero-order chi connectivity index (χ0) is 20.7. The number of rotatable bonds is 7. The predicted octanol–water partition coefficient (Wildman–Crippen LogP) is 4.13. The third kappa shape index (κ3) is 6.67. The second-order valence-corrected chi connectivity index (χ2v) is 8.17. The van der Waals surface area contributed by atoms with Crippen LogP contribution in [0.15, 0.2) is 41.0 Å². The average Bonchev–Trinajstić information content (AvgIpc) is 3.05. The molecule has 152 valence electrons. The van der Waals surface area contributed by atoms with Gasteiger partial charge >= 0.3 is 12.1 Å². The molecule has 1 aromatic carbocycles. The highest BCUT2D eigenvalue weighted by Crippen LogP contribution is 2.22. The Kier molecular flexibility index (Phi) is 7.62. The summed E-state index contributed by atoms with van der Waals surface area (Å²) in [6, 6.07) is 9.43. The number of carbonyl (C=O) groups excluding carboxylic acids is 2. The Bertz CT molecular complexity index is 814. The molecule has 0 radical (unpaired) electrons. The lowest BCUT2D eigenvalue weighted by molar-refractivity contribution is 0.0498. The summed E-state index contributed by atoms with van der Waals surface area (Å²) in [5, 5.41) is 7.06. The topological polar surface area (TPSA) is 82.5 Å². The van der Waals surface area contributed by atoms with Crippen molar-refractivity contribution in [3.63, 3.8) is 0 Å². The van der Waals surface area contributed by atoms with E-state index in [-0.39, 0.29) is 5.92 Å². The van der Waals surface area contributed by atoms with Crippen molar-refractivity contribution in [1.82, 2.24) is 15.1 Å². The maximum atomic E-state index is 12.1. The number of amides is 1. The van der Waals surface area contributed by atoms with E-state index in [0.29, 0.717) is 25.4 Å². The minimum atomic E-state index is -0.575.